The minimum Gasteiger partial charge on any atom is -0.228 e. The van der Waals surface area contributed by atoms with Crippen molar-refractivity contribution in [2.75, 3.05) is 0 Å². The van der Waals surface area contributed by atoms with E-state index in [2.05, 4.69) is 176 Å². The third kappa shape index (κ3) is 5.19. The van der Waals surface area contributed by atoms with Crippen molar-refractivity contribution in [1.29, 1.82) is 5.26 Å². The number of fused-ring (bicyclic) bond motifs is 4. The maximum absolute atomic E-state index is 10.6. The first-order chi connectivity index (χ1) is 27.2. The Morgan fingerprint density at radius 2 is 0.945 bits per heavy atom. The van der Waals surface area contributed by atoms with Gasteiger partial charge in [-0.1, -0.05) is 182 Å². The molecule has 0 radical (unpaired) electrons. The third-order valence-corrected chi connectivity index (χ3v) is 11.0. The number of hydrogen-bond donors (Lipinski definition) is 0. The van der Waals surface area contributed by atoms with Gasteiger partial charge in [0.2, 0.25) is 0 Å². The molecule has 3 heteroatoms. The predicted molar refractivity (Wildman–Crippen MR) is 223 cm³/mol. The molecule has 1 aromatic heterocycles. The number of nitriles is 1. The van der Waals surface area contributed by atoms with Gasteiger partial charge in [0.1, 0.15) is 0 Å². The van der Waals surface area contributed by atoms with E-state index in [4.69, 9.17) is 9.97 Å². The van der Waals surface area contributed by atoms with E-state index in [1.165, 1.54) is 0 Å². The quantitative estimate of drug-likeness (QED) is 0.174. The smallest absolute Gasteiger partial charge is 0.161 e. The molecule has 10 rings (SSSR count). The first-order valence-electron chi connectivity index (χ1n) is 18.6. The zero-order valence-electron chi connectivity index (χ0n) is 29.9. The van der Waals surface area contributed by atoms with E-state index in [9.17, 15) is 5.26 Å². The van der Waals surface area contributed by atoms with Crippen LogP contribution in [0.5, 0.6) is 0 Å². The van der Waals surface area contributed by atoms with Gasteiger partial charge >= 0.3 is 0 Å². The summed E-state index contributed by atoms with van der Waals surface area (Å²) in [5.41, 5.74) is 13.6. The summed E-state index contributed by atoms with van der Waals surface area (Å²) in [5, 5.41) is 12.9. The zero-order valence-corrected chi connectivity index (χ0v) is 29.9. The molecular weight excluding hydrogens is 667 g/mol. The van der Waals surface area contributed by atoms with Crippen LogP contribution >= 0.6 is 0 Å². The fourth-order valence-electron chi connectivity index (χ4n) is 8.65. The molecule has 256 valence electrons. The van der Waals surface area contributed by atoms with Crippen molar-refractivity contribution in [1.82, 2.24) is 9.97 Å². The molecule has 0 saturated heterocycles. The van der Waals surface area contributed by atoms with E-state index in [0.29, 0.717) is 11.4 Å². The minimum absolute atomic E-state index is 0.613. The number of nitrogens with zero attached hydrogens (tertiary/aromatic N) is 3. The average molecular weight is 700 g/mol. The number of benzene rings is 8. The average Bonchev–Trinajstić information content (AvgIpc) is 3.58. The van der Waals surface area contributed by atoms with Gasteiger partial charge in [0.25, 0.3) is 0 Å². The summed E-state index contributed by atoms with van der Waals surface area (Å²) in [6.07, 6.45) is 0. The lowest BCUT2D eigenvalue weighted by Gasteiger charge is -2.34. The first kappa shape index (κ1) is 32.3. The highest BCUT2D eigenvalue weighted by Crippen LogP contribution is 2.59. The summed E-state index contributed by atoms with van der Waals surface area (Å²) < 4.78 is 0. The molecule has 0 amide bonds. The Labute approximate surface area is 320 Å². The van der Waals surface area contributed by atoms with Crippen molar-refractivity contribution >= 4 is 10.8 Å². The molecule has 0 bridgehead atoms. The van der Waals surface area contributed by atoms with Gasteiger partial charge in [0.15, 0.2) is 5.82 Å². The molecule has 0 N–H and O–H groups in total. The van der Waals surface area contributed by atoms with Gasteiger partial charge in [-0.25, -0.2) is 9.97 Å². The molecule has 55 heavy (non-hydrogen) atoms. The van der Waals surface area contributed by atoms with Crippen LogP contribution in [0.4, 0.5) is 0 Å². The van der Waals surface area contributed by atoms with Crippen molar-refractivity contribution in [3.63, 3.8) is 0 Å². The summed E-state index contributed by atoms with van der Waals surface area (Å²) in [7, 11) is 0. The van der Waals surface area contributed by atoms with Gasteiger partial charge < -0.3 is 0 Å². The molecular formula is C52H33N3. The number of hydrogen-bond acceptors (Lipinski definition) is 3. The van der Waals surface area contributed by atoms with Crippen LogP contribution in [-0.2, 0) is 5.41 Å². The van der Waals surface area contributed by atoms with Gasteiger partial charge in [0.05, 0.1) is 28.4 Å². The lowest BCUT2D eigenvalue weighted by molar-refractivity contribution is 0.768. The summed E-state index contributed by atoms with van der Waals surface area (Å²) in [5.74, 6) is 0.683. The van der Waals surface area contributed by atoms with Crippen LogP contribution in [0.15, 0.2) is 200 Å². The van der Waals surface area contributed by atoms with Crippen LogP contribution in [0.3, 0.4) is 0 Å². The second kappa shape index (κ2) is 13.2. The largest absolute Gasteiger partial charge is 0.228 e. The normalized spacial score (nSPS) is 12.5. The highest BCUT2D eigenvalue weighted by molar-refractivity contribution is 5.98. The van der Waals surface area contributed by atoms with Crippen LogP contribution < -0.4 is 0 Å². The topological polar surface area (TPSA) is 49.6 Å². The molecule has 1 aliphatic rings. The highest BCUT2D eigenvalue weighted by Gasteiger charge is 2.47. The minimum atomic E-state index is -0.613. The Bertz CT molecular complexity index is 2880. The lowest BCUT2D eigenvalue weighted by atomic mass is 9.67. The van der Waals surface area contributed by atoms with Crippen molar-refractivity contribution in [3.8, 4) is 62.2 Å². The van der Waals surface area contributed by atoms with Gasteiger partial charge in [0, 0.05) is 22.3 Å². The van der Waals surface area contributed by atoms with E-state index >= 15 is 0 Å². The van der Waals surface area contributed by atoms with Crippen LogP contribution in [0.2, 0.25) is 0 Å². The highest BCUT2D eigenvalue weighted by atomic mass is 14.9. The Morgan fingerprint density at radius 3 is 1.67 bits per heavy atom. The fourth-order valence-corrected chi connectivity index (χ4v) is 8.65. The van der Waals surface area contributed by atoms with E-state index in [-0.39, 0.29) is 0 Å². The number of rotatable bonds is 6. The SMILES string of the molecule is N#Cc1cccc2c1-c1c(-c3cccc(-c4cc(-c5ccccc5)nc(-c5cccc6ccccc56)n4)c3)cccc1C2(c1ccccc1)c1ccccc1. The summed E-state index contributed by atoms with van der Waals surface area (Å²) in [6.45, 7) is 0. The number of aromatic nitrogens is 2. The van der Waals surface area contributed by atoms with Crippen molar-refractivity contribution in [2.45, 2.75) is 5.41 Å². The Kier molecular flexibility index (Phi) is 7.75. The molecule has 1 aliphatic carbocycles. The fraction of sp³-hybridized carbons (Fsp3) is 0.0192. The summed E-state index contributed by atoms with van der Waals surface area (Å²) in [4.78, 5) is 10.4. The maximum Gasteiger partial charge on any atom is 0.161 e. The Morgan fingerprint density at radius 1 is 0.418 bits per heavy atom. The maximum atomic E-state index is 10.6. The molecule has 0 aliphatic heterocycles. The Hall–Kier alpha value is -7.41. The summed E-state index contributed by atoms with van der Waals surface area (Å²) in [6, 6.07) is 72.5. The van der Waals surface area contributed by atoms with Crippen LogP contribution in [0.1, 0.15) is 27.8 Å². The van der Waals surface area contributed by atoms with Gasteiger partial charge in [-0.2, -0.15) is 5.26 Å². The second-order valence-electron chi connectivity index (χ2n) is 14.0. The molecule has 0 unspecified atom stereocenters. The zero-order chi connectivity index (χ0) is 36.8. The van der Waals surface area contributed by atoms with Crippen molar-refractivity contribution in [3.05, 3.63) is 228 Å². The molecule has 0 saturated carbocycles. The van der Waals surface area contributed by atoms with Gasteiger partial charge in [-0.15, -0.1) is 0 Å². The van der Waals surface area contributed by atoms with Crippen molar-refractivity contribution < 1.29 is 0 Å². The lowest BCUT2D eigenvalue weighted by Crippen LogP contribution is -2.28. The second-order valence-corrected chi connectivity index (χ2v) is 14.0. The van der Waals surface area contributed by atoms with Crippen LogP contribution in [0.25, 0.3) is 66.9 Å². The van der Waals surface area contributed by atoms with E-state index in [1.54, 1.807) is 0 Å². The van der Waals surface area contributed by atoms with Crippen molar-refractivity contribution in [2.24, 2.45) is 0 Å². The first-order valence-corrected chi connectivity index (χ1v) is 18.6. The molecule has 0 atom stereocenters. The van der Waals surface area contributed by atoms with E-state index in [1.807, 2.05) is 30.3 Å². The standard InChI is InChI=1S/C52H33N3/c53-34-39-22-14-30-45-49(39)50-43(28-15-31-46(50)52(45,40-23-6-2-7-24-40)41-25-8-3-9-26-41)37-20-12-21-38(32-37)48-33-47(36-17-4-1-5-18-36)54-51(55-48)44-29-13-19-35-16-10-11-27-42(35)44/h1-33H. The molecule has 3 nitrogen and oxygen atoms in total. The van der Waals surface area contributed by atoms with Gasteiger partial charge in [-0.05, 0) is 67.9 Å². The molecule has 8 aromatic carbocycles. The van der Waals surface area contributed by atoms with Crippen LogP contribution in [-0.4, -0.2) is 9.97 Å². The van der Waals surface area contributed by atoms with E-state index in [0.717, 1.165) is 83.4 Å². The molecule has 0 fully saturated rings. The predicted octanol–water partition coefficient (Wildman–Crippen LogP) is 12.5. The van der Waals surface area contributed by atoms with E-state index < -0.39 is 5.41 Å². The third-order valence-electron chi connectivity index (χ3n) is 11.0. The van der Waals surface area contributed by atoms with Gasteiger partial charge in [-0.3, -0.25) is 0 Å². The summed E-state index contributed by atoms with van der Waals surface area (Å²) >= 11 is 0. The monoisotopic (exact) mass is 699 g/mol. The molecule has 9 aromatic rings. The molecule has 0 spiro atoms. The molecule has 1 heterocycles. The van der Waals surface area contributed by atoms with Crippen LogP contribution in [0, 0.1) is 11.3 Å². The Balaban J connectivity index is 1.21.